The van der Waals surface area contributed by atoms with Gasteiger partial charge in [-0.05, 0) is 55.5 Å². The highest BCUT2D eigenvalue weighted by Gasteiger charge is 2.30. The Morgan fingerprint density at radius 3 is 2.18 bits per heavy atom. The fraction of sp³-hybridized carbons (Fsp3) is 0.130. The van der Waals surface area contributed by atoms with Crippen molar-refractivity contribution in [2.75, 3.05) is 10.6 Å². The number of benzene rings is 3. The number of hydrogen-bond donors (Lipinski definition) is 2. The molecule has 0 fully saturated rings. The van der Waals surface area contributed by atoms with Crippen LogP contribution in [0.25, 0.3) is 0 Å². The first-order valence-corrected chi connectivity index (χ1v) is 10.7. The molecule has 2 amide bonds. The maximum Gasteiger partial charge on any atom is 0.416 e. The summed E-state index contributed by atoms with van der Waals surface area (Å²) in [6, 6.07) is 16.2. The van der Waals surface area contributed by atoms with Crippen LogP contribution in [-0.4, -0.2) is 22.0 Å². The molecule has 3 aromatic rings. The topological polar surface area (TPSA) is 101 Å². The molecule has 0 heterocycles. The van der Waals surface area contributed by atoms with Crippen LogP contribution in [0.3, 0.4) is 0 Å². The van der Waals surface area contributed by atoms with Crippen molar-refractivity contribution in [2.45, 2.75) is 23.2 Å². The second-order valence-corrected chi connectivity index (χ2v) is 8.53. The zero-order valence-electron chi connectivity index (χ0n) is 17.6. The van der Waals surface area contributed by atoms with Gasteiger partial charge in [0.05, 0.1) is 15.7 Å². The standard InChI is InChI=1S/C23H18F3N3O4S/c1-14(21(30)27-17-5-2-4-16(12-17)23(24,25)26)34-20-7-3-6-18(13-20)28-22(31)15-8-10-19(11-9-15)29(32)33/h2-14H,1H3,(H,27,30)(H,28,31). The van der Waals surface area contributed by atoms with Crippen molar-refractivity contribution >= 4 is 40.6 Å². The van der Waals surface area contributed by atoms with Crippen molar-refractivity contribution < 1.29 is 27.7 Å². The summed E-state index contributed by atoms with van der Waals surface area (Å²) in [5.74, 6) is -0.947. The van der Waals surface area contributed by atoms with Gasteiger partial charge in [0, 0.05) is 34.0 Å². The SMILES string of the molecule is CC(Sc1cccc(NC(=O)c2ccc([N+](=O)[O-])cc2)c1)C(=O)Nc1cccc(C(F)(F)F)c1. The number of amides is 2. The molecular weight excluding hydrogens is 471 g/mol. The first-order valence-electron chi connectivity index (χ1n) is 9.83. The van der Waals surface area contributed by atoms with Gasteiger partial charge in [-0.25, -0.2) is 0 Å². The number of nitrogens with one attached hydrogen (secondary N) is 2. The van der Waals surface area contributed by atoms with Crippen LogP contribution in [0, 0.1) is 10.1 Å². The van der Waals surface area contributed by atoms with Crippen LogP contribution in [0.4, 0.5) is 30.2 Å². The molecule has 34 heavy (non-hydrogen) atoms. The van der Waals surface area contributed by atoms with Gasteiger partial charge in [0.1, 0.15) is 0 Å². The van der Waals surface area contributed by atoms with Crippen molar-refractivity contribution in [1.82, 2.24) is 0 Å². The van der Waals surface area contributed by atoms with Gasteiger partial charge < -0.3 is 10.6 Å². The molecule has 3 aromatic carbocycles. The van der Waals surface area contributed by atoms with E-state index in [-0.39, 0.29) is 16.9 Å². The summed E-state index contributed by atoms with van der Waals surface area (Å²) in [5, 5.41) is 15.2. The average molecular weight is 489 g/mol. The molecule has 0 aromatic heterocycles. The number of anilines is 2. The highest BCUT2D eigenvalue weighted by molar-refractivity contribution is 8.00. The number of non-ortho nitro benzene ring substituents is 1. The molecule has 0 aliphatic carbocycles. The van der Waals surface area contributed by atoms with E-state index in [0.29, 0.717) is 10.6 Å². The summed E-state index contributed by atoms with van der Waals surface area (Å²) >= 11 is 1.16. The molecule has 11 heteroatoms. The van der Waals surface area contributed by atoms with Gasteiger partial charge in [-0.1, -0.05) is 12.1 Å². The van der Waals surface area contributed by atoms with Crippen LogP contribution in [0.15, 0.2) is 77.7 Å². The van der Waals surface area contributed by atoms with E-state index >= 15 is 0 Å². The molecule has 0 aliphatic heterocycles. The van der Waals surface area contributed by atoms with Crippen molar-refractivity contribution in [3.63, 3.8) is 0 Å². The van der Waals surface area contributed by atoms with E-state index in [2.05, 4.69) is 10.6 Å². The largest absolute Gasteiger partial charge is 0.416 e. The van der Waals surface area contributed by atoms with E-state index in [1.165, 1.54) is 36.4 Å². The Hall–Kier alpha value is -3.86. The van der Waals surface area contributed by atoms with E-state index in [1.807, 2.05) is 0 Å². The Labute approximate surface area is 196 Å². The van der Waals surface area contributed by atoms with Gasteiger partial charge in [-0.2, -0.15) is 13.2 Å². The number of halogens is 3. The van der Waals surface area contributed by atoms with Gasteiger partial charge in [0.2, 0.25) is 5.91 Å². The van der Waals surface area contributed by atoms with Gasteiger partial charge in [0.15, 0.2) is 0 Å². The molecule has 0 saturated heterocycles. The highest BCUT2D eigenvalue weighted by Crippen LogP contribution is 2.31. The van der Waals surface area contributed by atoms with Crippen molar-refractivity contribution in [1.29, 1.82) is 0 Å². The quantitative estimate of drug-likeness (QED) is 0.241. The average Bonchev–Trinajstić information content (AvgIpc) is 2.79. The third kappa shape index (κ3) is 6.58. The zero-order valence-corrected chi connectivity index (χ0v) is 18.4. The van der Waals surface area contributed by atoms with Crippen LogP contribution < -0.4 is 10.6 Å². The predicted octanol–water partition coefficient (Wildman–Crippen LogP) is 5.99. The van der Waals surface area contributed by atoms with Gasteiger partial charge in [-0.3, -0.25) is 19.7 Å². The zero-order chi connectivity index (χ0) is 24.9. The van der Waals surface area contributed by atoms with Crippen molar-refractivity contribution in [2.24, 2.45) is 0 Å². The summed E-state index contributed by atoms with van der Waals surface area (Å²) in [6.07, 6.45) is -4.51. The molecule has 0 saturated carbocycles. The normalized spacial score (nSPS) is 12.0. The number of thioether (sulfide) groups is 1. The number of nitrogens with zero attached hydrogens (tertiary/aromatic N) is 1. The molecule has 7 nitrogen and oxygen atoms in total. The van der Waals surface area contributed by atoms with Crippen LogP contribution in [0.2, 0.25) is 0 Å². The Morgan fingerprint density at radius 2 is 1.56 bits per heavy atom. The summed E-state index contributed by atoms with van der Waals surface area (Å²) in [6.45, 7) is 1.61. The first kappa shape index (κ1) is 24.8. The summed E-state index contributed by atoms with van der Waals surface area (Å²) in [7, 11) is 0. The maximum atomic E-state index is 12.9. The molecule has 0 spiro atoms. The number of nitro benzene ring substituents is 1. The second kappa shape index (κ2) is 10.4. The minimum absolute atomic E-state index is 0.0383. The third-order valence-corrected chi connectivity index (χ3v) is 5.67. The lowest BCUT2D eigenvalue weighted by molar-refractivity contribution is -0.384. The molecule has 0 radical (unpaired) electrons. The van der Waals surface area contributed by atoms with Gasteiger partial charge in [0.25, 0.3) is 11.6 Å². The summed E-state index contributed by atoms with van der Waals surface area (Å²) in [4.78, 5) is 35.7. The van der Waals surface area contributed by atoms with Crippen molar-refractivity contribution in [3.05, 3.63) is 94.0 Å². The smallest absolute Gasteiger partial charge is 0.325 e. The van der Waals surface area contributed by atoms with E-state index in [1.54, 1.807) is 31.2 Å². The number of carbonyl (C=O) groups is 2. The van der Waals surface area contributed by atoms with Gasteiger partial charge >= 0.3 is 6.18 Å². The summed E-state index contributed by atoms with van der Waals surface area (Å²) in [5.41, 5.74) is -0.276. The Balaban J connectivity index is 1.62. The fourth-order valence-corrected chi connectivity index (χ4v) is 3.79. The Kier molecular flexibility index (Phi) is 7.57. The molecule has 176 valence electrons. The van der Waals surface area contributed by atoms with E-state index in [9.17, 15) is 32.9 Å². The number of rotatable bonds is 7. The van der Waals surface area contributed by atoms with Crippen LogP contribution in [-0.2, 0) is 11.0 Å². The lowest BCUT2D eigenvalue weighted by Crippen LogP contribution is -2.22. The van der Waals surface area contributed by atoms with Gasteiger partial charge in [-0.15, -0.1) is 11.8 Å². The second-order valence-electron chi connectivity index (χ2n) is 7.11. The molecule has 1 unspecified atom stereocenters. The van der Waals surface area contributed by atoms with Crippen LogP contribution in [0.1, 0.15) is 22.8 Å². The fourth-order valence-electron chi connectivity index (χ4n) is 2.86. The van der Waals surface area contributed by atoms with Crippen LogP contribution in [0.5, 0.6) is 0 Å². The minimum atomic E-state index is -4.51. The Bertz CT molecular complexity index is 1220. The number of nitro groups is 1. The number of carbonyl (C=O) groups excluding carboxylic acids is 2. The van der Waals surface area contributed by atoms with E-state index < -0.39 is 33.7 Å². The van der Waals surface area contributed by atoms with Crippen LogP contribution >= 0.6 is 11.8 Å². The molecule has 2 N–H and O–H groups in total. The molecule has 3 rings (SSSR count). The number of alkyl halides is 3. The maximum absolute atomic E-state index is 12.9. The van der Waals surface area contributed by atoms with Crippen molar-refractivity contribution in [3.8, 4) is 0 Å². The lowest BCUT2D eigenvalue weighted by atomic mass is 10.2. The Morgan fingerprint density at radius 1 is 0.941 bits per heavy atom. The highest BCUT2D eigenvalue weighted by atomic mass is 32.2. The van der Waals surface area contributed by atoms with E-state index in [4.69, 9.17) is 0 Å². The third-order valence-electron chi connectivity index (χ3n) is 4.57. The molecule has 0 aliphatic rings. The first-order chi connectivity index (χ1) is 16.0. The molecule has 1 atom stereocenters. The molecular formula is C23H18F3N3O4S. The van der Waals surface area contributed by atoms with E-state index in [0.717, 1.165) is 23.9 Å². The monoisotopic (exact) mass is 489 g/mol. The lowest BCUT2D eigenvalue weighted by Gasteiger charge is -2.14. The predicted molar refractivity (Wildman–Crippen MR) is 123 cm³/mol. The number of hydrogen-bond acceptors (Lipinski definition) is 5. The summed E-state index contributed by atoms with van der Waals surface area (Å²) < 4.78 is 38.6. The minimum Gasteiger partial charge on any atom is -0.325 e. The molecule has 0 bridgehead atoms.